The molecule has 162 valence electrons. The summed E-state index contributed by atoms with van der Waals surface area (Å²) in [4.78, 5) is 4.67. The van der Waals surface area contributed by atoms with E-state index in [9.17, 15) is 5.11 Å². The Morgan fingerprint density at radius 1 is 0.966 bits per heavy atom. The van der Waals surface area contributed by atoms with Crippen LogP contribution < -0.4 is 14.4 Å². The number of benzene rings is 2. The molecule has 0 bridgehead atoms. The van der Waals surface area contributed by atoms with Crippen molar-refractivity contribution in [2.75, 3.05) is 51.3 Å². The van der Waals surface area contributed by atoms with Crippen LogP contribution in [0.3, 0.4) is 0 Å². The van der Waals surface area contributed by atoms with Crippen molar-refractivity contribution in [1.29, 1.82) is 0 Å². The summed E-state index contributed by atoms with van der Waals surface area (Å²) < 4.78 is 11.0. The van der Waals surface area contributed by atoms with E-state index in [2.05, 4.69) is 34.9 Å². The molecule has 1 fully saturated rings. The van der Waals surface area contributed by atoms with Gasteiger partial charge in [-0.05, 0) is 49.7 Å². The lowest BCUT2D eigenvalue weighted by Crippen LogP contribution is -2.49. The molecule has 1 aliphatic heterocycles. The van der Waals surface area contributed by atoms with Crippen molar-refractivity contribution in [3.63, 3.8) is 0 Å². The highest BCUT2D eigenvalue weighted by Crippen LogP contribution is 2.21. The molecule has 0 saturated carbocycles. The molecule has 5 nitrogen and oxygen atoms in total. The molecule has 1 N–H and O–H groups in total. The number of aliphatic hydroxyl groups is 1. The lowest BCUT2D eigenvalue weighted by molar-refractivity contribution is 0.0661. The number of β-amino-alcohol motifs (C(OH)–C–C–N with tert-alkyl or cyclic N) is 1. The molecule has 7 heteroatoms. The Morgan fingerprint density at radius 2 is 1.62 bits per heavy atom. The first-order valence-corrected chi connectivity index (χ1v) is 9.54. The van der Waals surface area contributed by atoms with Gasteiger partial charge < -0.3 is 19.5 Å². The number of methoxy groups -OCH3 is 1. The molecule has 1 unspecified atom stereocenters. The molecule has 0 radical (unpaired) electrons. The lowest BCUT2D eigenvalue weighted by Gasteiger charge is -2.36. The summed E-state index contributed by atoms with van der Waals surface area (Å²) in [6, 6.07) is 14.3. The van der Waals surface area contributed by atoms with E-state index in [0.717, 1.165) is 43.2 Å². The third-order valence-electron chi connectivity index (χ3n) is 5.04. The Balaban J connectivity index is 0.00000210. The minimum atomic E-state index is -0.488. The van der Waals surface area contributed by atoms with Gasteiger partial charge in [0, 0.05) is 38.4 Å². The van der Waals surface area contributed by atoms with Crippen molar-refractivity contribution < 1.29 is 14.6 Å². The Labute approximate surface area is 186 Å². The summed E-state index contributed by atoms with van der Waals surface area (Å²) in [6.07, 6.45) is -0.488. The molecule has 3 rings (SSSR count). The van der Waals surface area contributed by atoms with Crippen LogP contribution in [0.25, 0.3) is 0 Å². The van der Waals surface area contributed by atoms with E-state index in [0.29, 0.717) is 13.2 Å². The minimum Gasteiger partial charge on any atom is -0.497 e. The van der Waals surface area contributed by atoms with Crippen LogP contribution in [0.4, 0.5) is 5.69 Å². The van der Waals surface area contributed by atoms with Gasteiger partial charge in [-0.2, -0.15) is 0 Å². The smallest absolute Gasteiger partial charge is 0.122 e. The predicted molar refractivity (Wildman–Crippen MR) is 124 cm³/mol. The first kappa shape index (κ1) is 25.4. The molecule has 0 amide bonds. The molecule has 29 heavy (non-hydrogen) atoms. The lowest BCUT2D eigenvalue weighted by atomic mass is 10.1. The summed E-state index contributed by atoms with van der Waals surface area (Å²) in [5, 5.41) is 10.4. The van der Waals surface area contributed by atoms with Crippen LogP contribution in [0.5, 0.6) is 11.5 Å². The van der Waals surface area contributed by atoms with Crippen molar-refractivity contribution in [2.45, 2.75) is 20.0 Å². The summed E-state index contributed by atoms with van der Waals surface area (Å²) in [6.45, 7) is 8.85. The number of ether oxygens (including phenoxy) is 2. The van der Waals surface area contributed by atoms with Gasteiger partial charge in [0.25, 0.3) is 0 Å². The highest BCUT2D eigenvalue weighted by Gasteiger charge is 2.20. The molecule has 2 aromatic carbocycles. The summed E-state index contributed by atoms with van der Waals surface area (Å²) >= 11 is 0. The van der Waals surface area contributed by atoms with Crippen LogP contribution in [0.2, 0.25) is 0 Å². The zero-order valence-corrected chi connectivity index (χ0v) is 19.0. The largest absolute Gasteiger partial charge is 0.497 e. The van der Waals surface area contributed by atoms with Gasteiger partial charge in [-0.3, -0.25) is 4.90 Å². The van der Waals surface area contributed by atoms with E-state index >= 15 is 0 Å². The van der Waals surface area contributed by atoms with E-state index in [-0.39, 0.29) is 24.8 Å². The third kappa shape index (κ3) is 7.27. The van der Waals surface area contributed by atoms with Gasteiger partial charge in [0.15, 0.2) is 0 Å². The molecule has 0 aliphatic carbocycles. The molecule has 0 aromatic heterocycles. The SMILES string of the molecule is COc1ccc(N2CCN(CC(O)COc3ccc(C)cc3C)CC2)cc1.Cl.Cl. The maximum Gasteiger partial charge on any atom is 0.122 e. The first-order chi connectivity index (χ1) is 13.0. The Hall–Kier alpha value is -1.66. The second-order valence-corrected chi connectivity index (χ2v) is 7.22. The zero-order valence-electron chi connectivity index (χ0n) is 17.3. The van der Waals surface area contributed by atoms with E-state index in [1.54, 1.807) is 7.11 Å². The number of piperazine rings is 1. The second-order valence-electron chi connectivity index (χ2n) is 7.22. The Bertz CT molecular complexity index is 735. The molecular weight excluding hydrogens is 411 g/mol. The number of anilines is 1. The quantitative estimate of drug-likeness (QED) is 0.707. The Morgan fingerprint density at radius 3 is 2.21 bits per heavy atom. The van der Waals surface area contributed by atoms with E-state index in [4.69, 9.17) is 9.47 Å². The topological polar surface area (TPSA) is 45.2 Å². The van der Waals surface area contributed by atoms with Crippen LogP contribution >= 0.6 is 24.8 Å². The van der Waals surface area contributed by atoms with Crippen molar-refractivity contribution in [3.8, 4) is 11.5 Å². The van der Waals surface area contributed by atoms with Crippen molar-refractivity contribution in [2.24, 2.45) is 0 Å². The average molecular weight is 443 g/mol. The highest BCUT2D eigenvalue weighted by atomic mass is 35.5. The van der Waals surface area contributed by atoms with Gasteiger partial charge in [-0.25, -0.2) is 0 Å². The molecule has 0 spiro atoms. The second kappa shape index (κ2) is 12.1. The van der Waals surface area contributed by atoms with Crippen LogP contribution in [-0.4, -0.2) is 62.6 Å². The summed E-state index contributed by atoms with van der Waals surface area (Å²) in [7, 11) is 1.68. The van der Waals surface area contributed by atoms with Gasteiger partial charge in [-0.15, -0.1) is 24.8 Å². The molecular formula is C22H32Cl2N2O3. The van der Waals surface area contributed by atoms with Crippen LogP contribution in [0.15, 0.2) is 42.5 Å². The monoisotopic (exact) mass is 442 g/mol. The summed E-state index contributed by atoms with van der Waals surface area (Å²) in [5.74, 6) is 1.73. The Kier molecular flexibility index (Phi) is 10.6. The number of hydrogen-bond acceptors (Lipinski definition) is 5. The molecule has 1 atom stereocenters. The zero-order chi connectivity index (χ0) is 19.2. The van der Waals surface area contributed by atoms with Crippen LogP contribution in [-0.2, 0) is 0 Å². The van der Waals surface area contributed by atoms with Gasteiger partial charge in [0.1, 0.15) is 24.2 Å². The summed E-state index contributed by atoms with van der Waals surface area (Å²) in [5.41, 5.74) is 3.54. The maximum absolute atomic E-state index is 10.4. The fraction of sp³-hybridized carbons (Fsp3) is 0.455. The molecule has 1 saturated heterocycles. The number of rotatable bonds is 7. The standard InChI is InChI=1S/C22H30N2O3.2ClH/c1-17-4-9-22(18(2)14-17)27-16-20(25)15-23-10-12-24(13-11-23)19-5-7-21(26-3)8-6-19;;/h4-9,14,20,25H,10-13,15-16H2,1-3H3;2*1H. The molecule has 2 aromatic rings. The van der Waals surface area contributed by atoms with Crippen LogP contribution in [0.1, 0.15) is 11.1 Å². The van der Waals surface area contributed by atoms with E-state index in [1.165, 1.54) is 11.3 Å². The van der Waals surface area contributed by atoms with Crippen molar-refractivity contribution in [1.82, 2.24) is 4.90 Å². The average Bonchev–Trinajstić information content (AvgIpc) is 2.68. The van der Waals surface area contributed by atoms with Gasteiger partial charge in [0.2, 0.25) is 0 Å². The maximum atomic E-state index is 10.4. The van der Waals surface area contributed by atoms with Gasteiger partial charge >= 0.3 is 0 Å². The van der Waals surface area contributed by atoms with Gasteiger partial charge in [-0.1, -0.05) is 17.7 Å². The third-order valence-corrected chi connectivity index (χ3v) is 5.04. The van der Waals surface area contributed by atoms with Crippen molar-refractivity contribution >= 4 is 30.5 Å². The highest BCUT2D eigenvalue weighted by molar-refractivity contribution is 5.85. The number of nitrogens with zero attached hydrogens (tertiary/aromatic N) is 2. The minimum absolute atomic E-state index is 0. The number of halogens is 2. The van der Waals surface area contributed by atoms with Crippen LogP contribution in [0, 0.1) is 13.8 Å². The number of aryl methyl sites for hydroxylation is 2. The van der Waals surface area contributed by atoms with Crippen molar-refractivity contribution in [3.05, 3.63) is 53.6 Å². The number of hydrogen-bond donors (Lipinski definition) is 1. The predicted octanol–water partition coefficient (Wildman–Crippen LogP) is 3.72. The van der Waals surface area contributed by atoms with E-state index < -0.39 is 6.10 Å². The molecule has 1 aliphatic rings. The number of aliphatic hydroxyl groups excluding tert-OH is 1. The normalized spacial score (nSPS) is 15.1. The van der Waals surface area contributed by atoms with E-state index in [1.807, 2.05) is 31.2 Å². The first-order valence-electron chi connectivity index (χ1n) is 9.54. The fourth-order valence-electron chi connectivity index (χ4n) is 3.48. The molecule has 1 heterocycles. The fourth-order valence-corrected chi connectivity index (χ4v) is 3.48. The van der Waals surface area contributed by atoms with Gasteiger partial charge in [0.05, 0.1) is 7.11 Å².